The zero-order valence-corrected chi connectivity index (χ0v) is 23.4. The molecule has 0 N–H and O–H groups in total. The zero-order valence-electron chi connectivity index (χ0n) is 23.4. The average molecular weight is 546 g/mol. The van der Waals surface area contributed by atoms with Gasteiger partial charge in [0.15, 0.2) is 0 Å². The molecule has 6 aromatic carbocycles. The van der Waals surface area contributed by atoms with E-state index in [4.69, 9.17) is 0 Å². The van der Waals surface area contributed by atoms with E-state index >= 15 is 0 Å². The Balaban J connectivity index is 1.49. The van der Waals surface area contributed by atoms with Crippen molar-refractivity contribution in [3.63, 3.8) is 0 Å². The molecule has 2 aliphatic carbocycles. The van der Waals surface area contributed by atoms with Crippen molar-refractivity contribution >= 4 is 21.8 Å². The van der Waals surface area contributed by atoms with E-state index in [9.17, 15) is 10.5 Å². The molecule has 3 nitrogen and oxygen atoms in total. The van der Waals surface area contributed by atoms with E-state index in [0.717, 1.165) is 33.1 Å². The van der Waals surface area contributed by atoms with Crippen LogP contribution < -0.4 is 0 Å². The van der Waals surface area contributed by atoms with Crippen LogP contribution in [0.2, 0.25) is 0 Å². The van der Waals surface area contributed by atoms with Crippen LogP contribution in [-0.4, -0.2) is 4.57 Å². The van der Waals surface area contributed by atoms with E-state index in [1.165, 1.54) is 44.5 Å². The molecule has 0 aliphatic heterocycles. The number of benzene rings is 6. The van der Waals surface area contributed by atoms with Crippen LogP contribution >= 0.6 is 0 Å². The van der Waals surface area contributed by atoms with Gasteiger partial charge in [0, 0.05) is 10.8 Å². The van der Waals surface area contributed by atoms with Crippen LogP contribution in [0, 0.1) is 29.6 Å². The molecule has 0 saturated carbocycles. The normalized spacial score (nSPS) is 13.4. The smallest absolute Gasteiger partial charge is 0.101 e. The van der Waals surface area contributed by atoms with Gasteiger partial charge in [0.25, 0.3) is 0 Å². The molecule has 0 atom stereocenters. The fourth-order valence-electron chi connectivity index (χ4n) is 8.02. The van der Waals surface area contributed by atoms with Crippen LogP contribution in [0.5, 0.6) is 0 Å². The predicted molar refractivity (Wildman–Crippen MR) is 171 cm³/mol. The van der Waals surface area contributed by atoms with Crippen molar-refractivity contribution in [3.05, 3.63) is 160 Å². The van der Waals surface area contributed by atoms with Gasteiger partial charge in [-0.2, -0.15) is 10.5 Å². The maximum absolute atomic E-state index is 10.3. The molecule has 0 amide bonds. The van der Waals surface area contributed by atoms with Crippen molar-refractivity contribution in [1.82, 2.24) is 4.57 Å². The maximum atomic E-state index is 10.3. The van der Waals surface area contributed by atoms with Crippen LogP contribution in [0.4, 0.5) is 0 Å². The molecule has 1 aromatic heterocycles. The summed E-state index contributed by atoms with van der Waals surface area (Å²) in [4.78, 5) is 0. The van der Waals surface area contributed by atoms with Gasteiger partial charge in [-0.25, -0.2) is 0 Å². The number of fused-ring (bicyclic) bond motifs is 13. The van der Waals surface area contributed by atoms with Gasteiger partial charge in [-0.15, -0.1) is 0 Å². The number of rotatable bonds is 1. The van der Waals surface area contributed by atoms with Crippen molar-refractivity contribution in [2.45, 2.75) is 12.3 Å². The molecule has 0 bridgehead atoms. The lowest BCUT2D eigenvalue weighted by molar-refractivity contribution is 0.794. The van der Waals surface area contributed by atoms with E-state index in [1.807, 2.05) is 13.0 Å². The molecule has 2 aliphatic rings. The second kappa shape index (κ2) is 8.32. The molecule has 0 fully saturated rings. The molecule has 0 saturated heterocycles. The van der Waals surface area contributed by atoms with Gasteiger partial charge in [0.1, 0.15) is 6.07 Å². The Hall–Kier alpha value is -5.90. The summed E-state index contributed by atoms with van der Waals surface area (Å²) in [6.45, 7) is 1.99. The Morgan fingerprint density at radius 2 is 1.12 bits per heavy atom. The van der Waals surface area contributed by atoms with Gasteiger partial charge in [-0.1, -0.05) is 91.0 Å². The van der Waals surface area contributed by atoms with E-state index in [1.54, 1.807) is 6.07 Å². The second-order valence-corrected chi connectivity index (χ2v) is 11.6. The van der Waals surface area contributed by atoms with Crippen molar-refractivity contribution in [2.75, 3.05) is 0 Å². The SMILES string of the molecule is Cc1cc(C#N)cc(C#N)c1-n1c2ccccc2c2cc3c(cc21)C1(c2ccccc2-c2ccccc21)c1ccccc1-3. The lowest BCUT2D eigenvalue weighted by Gasteiger charge is -2.30. The van der Waals surface area contributed by atoms with E-state index in [2.05, 4.69) is 126 Å². The van der Waals surface area contributed by atoms with Crippen LogP contribution in [0.3, 0.4) is 0 Å². The van der Waals surface area contributed by atoms with E-state index in [0.29, 0.717) is 11.1 Å². The molecule has 3 heteroatoms. The first-order chi connectivity index (χ1) is 21.2. The summed E-state index contributed by atoms with van der Waals surface area (Å²) >= 11 is 0. The summed E-state index contributed by atoms with van der Waals surface area (Å²) in [7, 11) is 0. The Morgan fingerprint density at radius 3 is 1.74 bits per heavy atom. The topological polar surface area (TPSA) is 52.5 Å². The third kappa shape index (κ3) is 2.82. The fraction of sp³-hybridized carbons (Fsp3) is 0.0500. The number of hydrogen-bond acceptors (Lipinski definition) is 2. The Bertz CT molecular complexity index is 2400. The first-order valence-corrected chi connectivity index (χ1v) is 14.5. The van der Waals surface area contributed by atoms with Crippen LogP contribution in [0.1, 0.15) is 38.9 Å². The highest BCUT2D eigenvalue weighted by molar-refractivity contribution is 6.12. The molecule has 0 radical (unpaired) electrons. The number of aromatic nitrogens is 1. The minimum Gasteiger partial charge on any atom is -0.308 e. The van der Waals surface area contributed by atoms with Crippen molar-refractivity contribution in [3.8, 4) is 40.1 Å². The highest BCUT2D eigenvalue weighted by Crippen LogP contribution is 2.63. The highest BCUT2D eigenvalue weighted by Gasteiger charge is 2.51. The molecule has 1 spiro atoms. The van der Waals surface area contributed by atoms with Gasteiger partial charge in [-0.3, -0.25) is 0 Å². The monoisotopic (exact) mass is 545 g/mol. The predicted octanol–water partition coefficient (Wildman–Crippen LogP) is 9.18. The average Bonchev–Trinajstić information content (AvgIpc) is 3.65. The van der Waals surface area contributed by atoms with Gasteiger partial charge in [0.05, 0.1) is 39.3 Å². The van der Waals surface area contributed by atoms with Crippen molar-refractivity contribution < 1.29 is 0 Å². The van der Waals surface area contributed by atoms with Crippen LogP contribution in [0.15, 0.2) is 121 Å². The van der Waals surface area contributed by atoms with Gasteiger partial charge in [-0.05, 0) is 87.3 Å². The van der Waals surface area contributed by atoms with E-state index < -0.39 is 5.41 Å². The maximum Gasteiger partial charge on any atom is 0.101 e. The summed E-state index contributed by atoms with van der Waals surface area (Å²) in [5, 5.41) is 22.2. The number of nitrogens with zero attached hydrogens (tertiary/aromatic N) is 3. The van der Waals surface area contributed by atoms with Crippen LogP contribution in [-0.2, 0) is 5.41 Å². The number of nitriles is 2. The standard InChI is InChI=1S/C40H23N3/c1-24-18-25(22-41)19-26(23-42)39(24)43-37-17-9-5-13-30(37)32-20-31-29-12-4-8-16-35(29)40(36(31)21-38(32)43)33-14-6-2-10-27(33)28-11-3-7-15-34(28)40/h2-21H,1H3. The second-order valence-electron chi connectivity index (χ2n) is 11.6. The number of hydrogen-bond donors (Lipinski definition) is 0. The highest BCUT2D eigenvalue weighted by atomic mass is 15.0. The third-order valence-corrected chi connectivity index (χ3v) is 9.56. The lowest BCUT2D eigenvalue weighted by Crippen LogP contribution is -2.25. The molecular weight excluding hydrogens is 522 g/mol. The summed E-state index contributed by atoms with van der Waals surface area (Å²) in [6, 6.07) is 47.9. The summed E-state index contributed by atoms with van der Waals surface area (Å²) in [5.74, 6) is 0. The van der Waals surface area contributed by atoms with E-state index in [-0.39, 0.29) is 0 Å². The molecule has 0 unspecified atom stereocenters. The summed E-state index contributed by atoms with van der Waals surface area (Å²) in [6.07, 6.45) is 0. The lowest BCUT2D eigenvalue weighted by atomic mass is 9.70. The molecule has 1 heterocycles. The summed E-state index contributed by atoms with van der Waals surface area (Å²) in [5.41, 5.74) is 14.6. The van der Waals surface area contributed by atoms with Crippen molar-refractivity contribution in [1.29, 1.82) is 10.5 Å². The van der Waals surface area contributed by atoms with Gasteiger partial charge < -0.3 is 4.57 Å². The molecule has 43 heavy (non-hydrogen) atoms. The first kappa shape index (κ1) is 23.8. The third-order valence-electron chi connectivity index (χ3n) is 9.56. The Labute approximate surface area is 249 Å². The Morgan fingerprint density at radius 1 is 0.535 bits per heavy atom. The minimum absolute atomic E-state index is 0.452. The van der Waals surface area contributed by atoms with Gasteiger partial charge in [0.2, 0.25) is 0 Å². The minimum atomic E-state index is -0.452. The molecule has 7 aromatic rings. The Kier molecular flexibility index (Phi) is 4.60. The zero-order chi connectivity index (χ0) is 28.9. The van der Waals surface area contributed by atoms with Gasteiger partial charge >= 0.3 is 0 Å². The van der Waals surface area contributed by atoms with Crippen LogP contribution in [0.25, 0.3) is 49.7 Å². The number of aryl methyl sites for hydroxylation is 1. The summed E-state index contributed by atoms with van der Waals surface area (Å²) < 4.78 is 2.24. The number of para-hydroxylation sites is 1. The quantitative estimate of drug-likeness (QED) is 0.206. The molecule has 198 valence electrons. The first-order valence-electron chi connectivity index (χ1n) is 14.5. The molecule has 9 rings (SSSR count). The fourth-order valence-corrected chi connectivity index (χ4v) is 8.02. The molecular formula is C40H23N3. The van der Waals surface area contributed by atoms with Crippen molar-refractivity contribution in [2.24, 2.45) is 0 Å². The largest absolute Gasteiger partial charge is 0.308 e.